The van der Waals surface area contributed by atoms with Crippen LogP contribution in [0, 0.1) is 0 Å². The minimum Gasteiger partial charge on any atom is -0.478 e. The number of carbonyl (C=O) groups is 1. The first kappa shape index (κ1) is 14.1. The summed E-state index contributed by atoms with van der Waals surface area (Å²) >= 11 is 0. The van der Waals surface area contributed by atoms with Gasteiger partial charge in [-0.25, -0.2) is 4.79 Å². The summed E-state index contributed by atoms with van der Waals surface area (Å²) in [6.07, 6.45) is 6.06. The van der Waals surface area contributed by atoms with Crippen LogP contribution < -0.4 is 0 Å². The molecule has 4 nitrogen and oxygen atoms in total. The molecule has 1 aromatic carbocycles. The second kappa shape index (κ2) is 5.90. The Hall–Kier alpha value is -1.81. The number of nitrogens with zero attached hydrogens (tertiary/aromatic N) is 2. The van der Waals surface area contributed by atoms with Gasteiger partial charge in [-0.2, -0.15) is 0 Å². The van der Waals surface area contributed by atoms with Crippen molar-refractivity contribution in [2.45, 2.75) is 39.3 Å². The molecule has 0 saturated carbocycles. The molecule has 21 heavy (non-hydrogen) atoms. The second-order valence-electron chi connectivity index (χ2n) is 5.81. The van der Waals surface area contributed by atoms with E-state index in [2.05, 4.69) is 22.6 Å². The molecule has 4 heteroatoms. The number of hydrogen-bond acceptors (Lipinski definition) is 2. The maximum Gasteiger partial charge on any atom is 0.335 e. The van der Waals surface area contributed by atoms with Crippen LogP contribution in [0.3, 0.4) is 0 Å². The molecule has 1 saturated heterocycles. The standard InChI is InChI=1S/C17H22N2O2/c1-2-19-12-14(11-18-8-4-3-5-9-18)15-10-13(17(20)21)6-7-16(15)19/h6-7,10,12H,2-5,8-9,11H2,1H3,(H,20,21). The molecule has 0 unspecified atom stereocenters. The van der Waals surface area contributed by atoms with Gasteiger partial charge in [-0.15, -0.1) is 0 Å². The van der Waals surface area contributed by atoms with Crippen LogP contribution in [0.25, 0.3) is 10.9 Å². The zero-order valence-corrected chi connectivity index (χ0v) is 12.5. The first-order chi connectivity index (χ1) is 10.2. The molecular weight excluding hydrogens is 264 g/mol. The molecule has 1 aliphatic heterocycles. The van der Waals surface area contributed by atoms with Gasteiger partial charge in [0.15, 0.2) is 0 Å². The maximum absolute atomic E-state index is 11.2. The number of aryl methyl sites for hydroxylation is 1. The quantitative estimate of drug-likeness (QED) is 0.937. The first-order valence-electron chi connectivity index (χ1n) is 7.76. The largest absolute Gasteiger partial charge is 0.478 e. The topological polar surface area (TPSA) is 45.5 Å². The molecule has 0 aliphatic carbocycles. The highest BCUT2D eigenvalue weighted by Crippen LogP contribution is 2.25. The van der Waals surface area contributed by atoms with Gasteiger partial charge in [0.25, 0.3) is 0 Å². The molecule has 2 aromatic rings. The number of aromatic carboxylic acids is 1. The monoisotopic (exact) mass is 286 g/mol. The highest BCUT2D eigenvalue weighted by Gasteiger charge is 2.15. The summed E-state index contributed by atoms with van der Waals surface area (Å²) in [4.78, 5) is 13.7. The summed E-state index contributed by atoms with van der Waals surface area (Å²) in [5, 5.41) is 10.3. The predicted octanol–water partition coefficient (Wildman–Crippen LogP) is 3.35. The Kier molecular flexibility index (Phi) is 3.97. The van der Waals surface area contributed by atoms with Crippen LogP contribution in [-0.2, 0) is 13.1 Å². The van der Waals surface area contributed by atoms with E-state index < -0.39 is 5.97 Å². The van der Waals surface area contributed by atoms with Gasteiger partial charge >= 0.3 is 5.97 Å². The zero-order valence-electron chi connectivity index (χ0n) is 12.5. The fourth-order valence-electron chi connectivity index (χ4n) is 3.25. The molecule has 2 heterocycles. The van der Waals surface area contributed by atoms with Crippen LogP contribution in [0.2, 0.25) is 0 Å². The van der Waals surface area contributed by atoms with E-state index in [0.717, 1.165) is 37.1 Å². The van der Waals surface area contributed by atoms with Gasteiger partial charge in [0.1, 0.15) is 0 Å². The lowest BCUT2D eigenvalue weighted by molar-refractivity contribution is 0.0697. The van der Waals surface area contributed by atoms with Crippen LogP contribution in [-0.4, -0.2) is 33.6 Å². The smallest absolute Gasteiger partial charge is 0.335 e. The average molecular weight is 286 g/mol. The molecule has 0 spiro atoms. The van der Waals surface area contributed by atoms with E-state index in [0.29, 0.717) is 5.56 Å². The van der Waals surface area contributed by atoms with Crippen molar-refractivity contribution in [2.24, 2.45) is 0 Å². The van der Waals surface area contributed by atoms with Gasteiger partial charge in [0.2, 0.25) is 0 Å². The van der Waals surface area contributed by atoms with Crippen LogP contribution in [0.1, 0.15) is 42.1 Å². The van der Waals surface area contributed by atoms with Crippen molar-refractivity contribution in [2.75, 3.05) is 13.1 Å². The van der Waals surface area contributed by atoms with E-state index in [1.807, 2.05) is 12.1 Å². The van der Waals surface area contributed by atoms with Gasteiger partial charge in [-0.1, -0.05) is 6.42 Å². The number of hydrogen-bond donors (Lipinski definition) is 1. The van der Waals surface area contributed by atoms with E-state index in [1.165, 1.54) is 24.8 Å². The number of aromatic nitrogens is 1. The number of carboxylic acids is 1. The summed E-state index contributed by atoms with van der Waals surface area (Å²) in [6, 6.07) is 5.45. The van der Waals surface area contributed by atoms with Crippen LogP contribution in [0.15, 0.2) is 24.4 Å². The lowest BCUT2D eigenvalue weighted by atomic mass is 10.1. The van der Waals surface area contributed by atoms with Crippen molar-refractivity contribution in [3.8, 4) is 0 Å². The highest BCUT2D eigenvalue weighted by atomic mass is 16.4. The summed E-state index contributed by atoms with van der Waals surface area (Å²) in [5.74, 6) is -0.856. The molecule has 0 bridgehead atoms. The highest BCUT2D eigenvalue weighted by molar-refractivity contribution is 5.95. The van der Waals surface area contributed by atoms with Gasteiger partial charge in [0.05, 0.1) is 5.56 Å². The molecule has 1 aliphatic rings. The van der Waals surface area contributed by atoms with E-state index in [1.54, 1.807) is 6.07 Å². The predicted molar refractivity (Wildman–Crippen MR) is 83.7 cm³/mol. The fourth-order valence-corrected chi connectivity index (χ4v) is 3.25. The first-order valence-corrected chi connectivity index (χ1v) is 7.76. The SMILES string of the molecule is CCn1cc(CN2CCCCC2)c2cc(C(=O)O)ccc21. The molecule has 1 aromatic heterocycles. The zero-order chi connectivity index (χ0) is 14.8. The molecular formula is C17H22N2O2. The Morgan fingerprint density at radius 3 is 2.67 bits per heavy atom. The lowest BCUT2D eigenvalue weighted by Gasteiger charge is -2.26. The van der Waals surface area contributed by atoms with Gasteiger partial charge in [-0.05, 0) is 56.6 Å². The summed E-state index contributed by atoms with van der Waals surface area (Å²) < 4.78 is 2.21. The number of likely N-dealkylation sites (tertiary alicyclic amines) is 1. The lowest BCUT2D eigenvalue weighted by Crippen LogP contribution is -2.28. The minimum atomic E-state index is -0.856. The third-order valence-electron chi connectivity index (χ3n) is 4.39. The normalized spacial score (nSPS) is 16.4. The Balaban J connectivity index is 1.99. The number of fused-ring (bicyclic) bond motifs is 1. The van der Waals surface area contributed by atoms with Crippen molar-refractivity contribution in [3.05, 3.63) is 35.5 Å². The van der Waals surface area contributed by atoms with Crippen molar-refractivity contribution in [3.63, 3.8) is 0 Å². The molecule has 112 valence electrons. The van der Waals surface area contributed by atoms with Crippen LogP contribution in [0.5, 0.6) is 0 Å². The van der Waals surface area contributed by atoms with E-state index >= 15 is 0 Å². The third kappa shape index (κ3) is 2.81. The van der Waals surface area contributed by atoms with E-state index in [4.69, 9.17) is 0 Å². The van der Waals surface area contributed by atoms with Gasteiger partial charge < -0.3 is 9.67 Å². The van der Waals surface area contributed by atoms with Gasteiger partial charge in [-0.3, -0.25) is 4.90 Å². The Labute approximate surface area is 125 Å². The third-order valence-corrected chi connectivity index (χ3v) is 4.39. The minimum absolute atomic E-state index is 0.372. The Morgan fingerprint density at radius 1 is 1.24 bits per heavy atom. The Bertz CT molecular complexity index is 654. The van der Waals surface area contributed by atoms with Crippen molar-refractivity contribution in [1.82, 2.24) is 9.47 Å². The molecule has 3 rings (SSSR count). The fraction of sp³-hybridized carbons (Fsp3) is 0.471. The molecule has 1 fully saturated rings. The average Bonchev–Trinajstić information content (AvgIpc) is 2.85. The van der Waals surface area contributed by atoms with Gasteiger partial charge in [0, 0.05) is 30.2 Å². The number of piperidine rings is 1. The van der Waals surface area contributed by atoms with Crippen molar-refractivity contribution in [1.29, 1.82) is 0 Å². The number of benzene rings is 1. The second-order valence-corrected chi connectivity index (χ2v) is 5.81. The maximum atomic E-state index is 11.2. The van der Waals surface area contributed by atoms with Crippen molar-refractivity contribution < 1.29 is 9.90 Å². The molecule has 0 atom stereocenters. The summed E-state index contributed by atoms with van der Waals surface area (Å²) in [5.41, 5.74) is 2.75. The number of carboxylic acid groups (broad SMARTS) is 1. The van der Waals surface area contributed by atoms with Crippen LogP contribution >= 0.6 is 0 Å². The molecule has 0 radical (unpaired) electrons. The van der Waals surface area contributed by atoms with Crippen molar-refractivity contribution >= 4 is 16.9 Å². The Morgan fingerprint density at radius 2 is 2.00 bits per heavy atom. The van der Waals surface area contributed by atoms with Crippen LogP contribution in [0.4, 0.5) is 0 Å². The summed E-state index contributed by atoms with van der Waals surface area (Å²) in [7, 11) is 0. The number of rotatable bonds is 4. The molecule has 1 N–H and O–H groups in total. The van der Waals surface area contributed by atoms with E-state index in [9.17, 15) is 9.90 Å². The van der Waals surface area contributed by atoms with E-state index in [-0.39, 0.29) is 0 Å². The summed E-state index contributed by atoms with van der Waals surface area (Å²) in [6.45, 7) is 6.25. The molecule has 0 amide bonds.